The number of rotatable bonds is 7. The minimum atomic E-state index is 0. The second-order valence-corrected chi connectivity index (χ2v) is 4.98. The summed E-state index contributed by atoms with van der Waals surface area (Å²) in [6, 6.07) is 6.81. The summed E-state index contributed by atoms with van der Waals surface area (Å²) in [5.41, 5.74) is 10.5. The molecule has 0 fully saturated rings. The van der Waals surface area contributed by atoms with E-state index in [9.17, 15) is 0 Å². The summed E-state index contributed by atoms with van der Waals surface area (Å²) >= 11 is 0. The van der Waals surface area contributed by atoms with Crippen LogP contribution in [0.5, 0.6) is 0 Å². The molecule has 2 N–H and O–H groups in total. The van der Waals surface area contributed by atoms with Crippen LogP contribution >= 0.6 is 12.4 Å². The third-order valence-electron chi connectivity index (χ3n) is 3.38. The maximum Gasteiger partial charge on any atom is 0.0268 e. The Balaban J connectivity index is 0.00000289. The van der Waals surface area contributed by atoms with Gasteiger partial charge in [-0.2, -0.15) is 0 Å². The lowest BCUT2D eigenvalue weighted by Gasteiger charge is -2.17. The van der Waals surface area contributed by atoms with Crippen LogP contribution in [0.25, 0.3) is 0 Å². The molecule has 1 rings (SSSR count). The van der Waals surface area contributed by atoms with Crippen molar-refractivity contribution < 1.29 is 0 Å². The minimum absolute atomic E-state index is 0. The highest BCUT2D eigenvalue weighted by Gasteiger charge is 2.10. The van der Waals surface area contributed by atoms with Gasteiger partial charge in [-0.25, -0.2) is 0 Å². The summed E-state index contributed by atoms with van der Waals surface area (Å²) in [5, 5.41) is 0. The molecule has 0 aromatic heterocycles. The van der Waals surface area contributed by atoms with Crippen LogP contribution < -0.4 is 5.73 Å². The SMILES string of the molecule is CCCCc1cccc(C(C)N)c1CCCC.Cl. The van der Waals surface area contributed by atoms with Crippen molar-refractivity contribution in [1.29, 1.82) is 0 Å². The van der Waals surface area contributed by atoms with Gasteiger partial charge in [0.1, 0.15) is 0 Å². The Morgan fingerprint density at radius 3 is 2.22 bits per heavy atom. The molecule has 0 heterocycles. The zero-order valence-corrected chi connectivity index (χ0v) is 12.9. The van der Waals surface area contributed by atoms with Gasteiger partial charge in [0.25, 0.3) is 0 Å². The fraction of sp³-hybridized carbons (Fsp3) is 0.625. The molecular weight excluding hydrogens is 242 g/mol. The molecule has 0 aliphatic rings. The average molecular weight is 270 g/mol. The van der Waals surface area contributed by atoms with Gasteiger partial charge in [0.05, 0.1) is 0 Å². The molecule has 2 heteroatoms. The molecule has 0 aliphatic carbocycles. The molecule has 1 nitrogen and oxygen atoms in total. The van der Waals surface area contributed by atoms with Crippen LogP contribution in [0.2, 0.25) is 0 Å². The minimum Gasteiger partial charge on any atom is -0.324 e. The van der Waals surface area contributed by atoms with E-state index in [0.717, 1.165) is 0 Å². The van der Waals surface area contributed by atoms with Gasteiger partial charge in [-0.3, -0.25) is 0 Å². The van der Waals surface area contributed by atoms with Crippen molar-refractivity contribution >= 4 is 12.4 Å². The maximum atomic E-state index is 6.08. The highest BCUT2D eigenvalue weighted by Crippen LogP contribution is 2.23. The molecule has 104 valence electrons. The standard InChI is InChI=1S/C16H27N.ClH/c1-4-6-9-14-10-8-12-15(13(3)17)16(14)11-7-5-2;/h8,10,12-13H,4-7,9,11,17H2,1-3H3;1H. The topological polar surface area (TPSA) is 26.0 Å². The summed E-state index contributed by atoms with van der Waals surface area (Å²) < 4.78 is 0. The normalized spacial score (nSPS) is 12.0. The van der Waals surface area contributed by atoms with Crippen LogP contribution in [-0.2, 0) is 12.8 Å². The van der Waals surface area contributed by atoms with Crippen molar-refractivity contribution in [1.82, 2.24) is 0 Å². The van der Waals surface area contributed by atoms with Crippen molar-refractivity contribution in [3.05, 3.63) is 34.9 Å². The first kappa shape index (κ1) is 17.5. The molecule has 1 unspecified atom stereocenters. The Bertz CT molecular complexity index is 334. The summed E-state index contributed by atoms with van der Waals surface area (Å²) in [6.45, 7) is 6.59. The highest BCUT2D eigenvalue weighted by atomic mass is 35.5. The van der Waals surface area contributed by atoms with E-state index >= 15 is 0 Å². The van der Waals surface area contributed by atoms with E-state index < -0.39 is 0 Å². The fourth-order valence-electron chi connectivity index (χ4n) is 2.34. The molecule has 0 amide bonds. The van der Waals surface area contributed by atoms with Gasteiger partial charge in [0.2, 0.25) is 0 Å². The van der Waals surface area contributed by atoms with Gasteiger partial charge in [0.15, 0.2) is 0 Å². The lowest BCUT2D eigenvalue weighted by atomic mass is 9.91. The first-order valence-corrected chi connectivity index (χ1v) is 7.06. The maximum absolute atomic E-state index is 6.08. The van der Waals surface area contributed by atoms with Crippen molar-refractivity contribution in [3.63, 3.8) is 0 Å². The van der Waals surface area contributed by atoms with Gasteiger partial charge in [0, 0.05) is 6.04 Å². The van der Waals surface area contributed by atoms with E-state index in [2.05, 4.69) is 39.0 Å². The summed E-state index contributed by atoms with van der Waals surface area (Å²) in [4.78, 5) is 0. The highest BCUT2D eigenvalue weighted by molar-refractivity contribution is 5.85. The number of hydrogen-bond donors (Lipinski definition) is 1. The van der Waals surface area contributed by atoms with Crippen molar-refractivity contribution in [2.24, 2.45) is 5.73 Å². The Labute approximate surface area is 119 Å². The Hall–Kier alpha value is -0.530. The first-order valence-electron chi connectivity index (χ1n) is 7.06. The molecule has 0 spiro atoms. The zero-order valence-electron chi connectivity index (χ0n) is 12.0. The van der Waals surface area contributed by atoms with E-state index in [4.69, 9.17) is 5.73 Å². The van der Waals surface area contributed by atoms with Gasteiger partial charge in [-0.15, -0.1) is 12.4 Å². The zero-order chi connectivity index (χ0) is 12.7. The molecule has 0 saturated heterocycles. The van der Waals surface area contributed by atoms with E-state index in [1.807, 2.05) is 0 Å². The number of halogens is 1. The third kappa shape index (κ3) is 4.99. The number of aryl methyl sites for hydroxylation is 1. The molecule has 0 saturated carbocycles. The molecule has 1 atom stereocenters. The number of benzene rings is 1. The fourth-order valence-corrected chi connectivity index (χ4v) is 2.34. The largest absolute Gasteiger partial charge is 0.324 e. The number of hydrogen-bond acceptors (Lipinski definition) is 1. The third-order valence-corrected chi connectivity index (χ3v) is 3.38. The predicted octanol–water partition coefficient (Wildman–Crippen LogP) is 4.81. The molecule has 0 bridgehead atoms. The van der Waals surface area contributed by atoms with Crippen LogP contribution in [0.4, 0.5) is 0 Å². The van der Waals surface area contributed by atoms with Crippen LogP contribution in [0.1, 0.15) is 69.2 Å². The van der Waals surface area contributed by atoms with Crippen LogP contribution in [-0.4, -0.2) is 0 Å². The average Bonchev–Trinajstić information content (AvgIpc) is 2.33. The van der Waals surface area contributed by atoms with E-state index in [-0.39, 0.29) is 18.4 Å². The first-order chi connectivity index (χ1) is 8.20. The molecule has 1 aromatic carbocycles. The van der Waals surface area contributed by atoms with Crippen LogP contribution in [0.15, 0.2) is 18.2 Å². The van der Waals surface area contributed by atoms with Gasteiger partial charge >= 0.3 is 0 Å². The van der Waals surface area contributed by atoms with Crippen LogP contribution in [0.3, 0.4) is 0 Å². The molecule has 18 heavy (non-hydrogen) atoms. The molecule has 1 aromatic rings. The second-order valence-electron chi connectivity index (χ2n) is 4.98. The van der Waals surface area contributed by atoms with Gasteiger partial charge in [-0.1, -0.05) is 44.9 Å². The van der Waals surface area contributed by atoms with E-state index in [0.29, 0.717) is 0 Å². The molecule has 0 aliphatic heterocycles. The van der Waals surface area contributed by atoms with E-state index in [1.54, 1.807) is 0 Å². The second kappa shape index (κ2) is 9.41. The Morgan fingerprint density at radius 2 is 1.67 bits per heavy atom. The summed E-state index contributed by atoms with van der Waals surface area (Å²) in [5.74, 6) is 0. The monoisotopic (exact) mass is 269 g/mol. The number of nitrogens with two attached hydrogens (primary N) is 1. The molecule has 0 radical (unpaired) electrons. The Morgan fingerprint density at radius 1 is 1.06 bits per heavy atom. The quantitative estimate of drug-likeness (QED) is 0.755. The van der Waals surface area contributed by atoms with Gasteiger partial charge < -0.3 is 5.73 Å². The van der Waals surface area contributed by atoms with Crippen molar-refractivity contribution in [2.45, 2.75) is 65.3 Å². The smallest absolute Gasteiger partial charge is 0.0268 e. The number of unbranched alkanes of at least 4 members (excludes halogenated alkanes) is 2. The van der Waals surface area contributed by atoms with E-state index in [1.165, 1.54) is 55.2 Å². The summed E-state index contributed by atoms with van der Waals surface area (Å²) in [6.07, 6.45) is 7.45. The predicted molar refractivity (Wildman–Crippen MR) is 83.5 cm³/mol. The summed E-state index contributed by atoms with van der Waals surface area (Å²) in [7, 11) is 0. The van der Waals surface area contributed by atoms with Crippen molar-refractivity contribution in [2.75, 3.05) is 0 Å². The lowest BCUT2D eigenvalue weighted by molar-refractivity contribution is 0.729. The Kier molecular flexibility index (Phi) is 9.13. The van der Waals surface area contributed by atoms with Crippen molar-refractivity contribution in [3.8, 4) is 0 Å². The molecular formula is C16H28ClN. The lowest BCUT2D eigenvalue weighted by Crippen LogP contribution is -2.10. The van der Waals surface area contributed by atoms with Crippen LogP contribution in [0, 0.1) is 0 Å². The van der Waals surface area contributed by atoms with Gasteiger partial charge in [-0.05, 0) is 49.3 Å².